The highest BCUT2D eigenvalue weighted by molar-refractivity contribution is 7.99. The van der Waals surface area contributed by atoms with Crippen molar-refractivity contribution in [1.29, 1.82) is 0 Å². The normalized spacial score (nSPS) is 11.3. The fourth-order valence-corrected chi connectivity index (χ4v) is 3.24. The van der Waals surface area contributed by atoms with E-state index in [1.54, 1.807) is 24.3 Å². The van der Waals surface area contributed by atoms with Crippen LogP contribution in [0.15, 0.2) is 47.6 Å². The summed E-state index contributed by atoms with van der Waals surface area (Å²) in [5.74, 6) is -0.0329. The lowest BCUT2D eigenvalue weighted by molar-refractivity contribution is -0.137. The number of tetrazole rings is 1. The molecule has 1 N–H and O–H groups in total. The minimum absolute atomic E-state index is 0.0142. The summed E-state index contributed by atoms with van der Waals surface area (Å²) in [6.45, 7) is 0. The van der Waals surface area contributed by atoms with E-state index in [1.807, 2.05) is 0 Å². The molecular weight excluding hydrogens is 431 g/mol. The Bertz CT molecular complexity index is 1030. The van der Waals surface area contributed by atoms with Gasteiger partial charge in [0.25, 0.3) is 0 Å². The molecule has 0 unspecified atom stereocenters. The van der Waals surface area contributed by atoms with Crippen LogP contribution in [0.25, 0.3) is 5.69 Å². The zero-order chi connectivity index (χ0) is 21.0. The van der Waals surface area contributed by atoms with E-state index in [0.717, 1.165) is 23.9 Å². The van der Waals surface area contributed by atoms with Crippen LogP contribution in [0.1, 0.15) is 5.56 Å². The number of nitrogens with one attached hydrogen (secondary N) is 1. The minimum atomic E-state index is -4.62. The number of hydrogen-bond donors (Lipinski definition) is 1. The van der Waals surface area contributed by atoms with Crippen LogP contribution in [0.2, 0.25) is 5.02 Å². The average Bonchev–Trinajstić information content (AvgIpc) is 3.16. The number of hydrogen-bond acceptors (Lipinski definition) is 6. The van der Waals surface area contributed by atoms with Gasteiger partial charge in [0.15, 0.2) is 0 Å². The van der Waals surface area contributed by atoms with E-state index in [0.29, 0.717) is 16.6 Å². The third kappa shape index (κ3) is 5.18. The van der Waals surface area contributed by atoms with E-state index in [-0.39, 0.29) is 11.4 Å². The highest BCUT2D eigenvalue weighted by Crippen LogP contribution is 2.36. The molecule has 29 heavy (non-hydrogen) atoms. The molecule has 12 heteroatoms. The lowest BCUT2D eigenvalue weighted by Gasteiger charge is -2.11. The SMILES string of the molecule is COc1cccc(-n2nnnc2SCC(=O)Nc2ccc(Cl)c(C(F)(F)F)c2)c1. The van der Waals surface area contributed by atoms with Crippen molar-refractivity contribution in [3.63, 3.8) is 0 Å². The van der Waals surface area contributed by atoms with Gasteiger partial charge in [-0.05, 0) is 40.8 Å². The fraction of sp³-hybridized carbons (Fsp3) is 0.176. The molecule has 1 aromatic heterocycles. The van der Waals surface area contributed by atoms with Gasteiger partial charge < -0.3 is 10.1 Å². The molecule has 3 rings (SSSR count). The third-order valence-electron chi connectivity index (χ3n) is 3.63. The van der Waals surface area contributed by atoms with Gasteiger partial charge >= 0.3 is 6.18 Å². The number of anilines is 1. The average molecular weight is 444 g/mol. The summed E-state index contributed by atoms with van der Waals surface area (Å²) in [5, 5.41) is 13.6. The molecule has 7 nitrogen and oxygen atoms in total. The zero-order valence-corrected chi connectivity index (χ0v) is 16.3. The van der Waals surface area contributed by atoms with E-state index in [4.69, 9.17) is 16.3 Å². The number of halogens is 4. The molecule has 0 atom stereocenters. The molecule has 152 valence electrons. The molecule has 0 aliphatic carbocycles. The Labute approximate surface area is 172 Å². The van der Waals surface area contributed by atoms with Crippen LogP contribution >= 0.6 is 23.4 Å². The van der Waals surface area contributed by atoms with Gasteiger partial charge in [-0.15, -0.1) is 5.10 Å². The number of carbonyl (C=O) groups is 1. The molecule has 3 aromatic rings. The Morgan fingerprint density at radius 1 is 1.28 bits per heavy atom. The van der Waals surface area contributed by atoms with Crippen molar-refractivity contribution in [2.45, 2.75) is 11.3 Å². The number of ether oxygens (including phenoxy) is 1. The van der Waals surface area contributed by atoms with E-state index in [1.165, 1.54) is 17.9 Å². The maximum Gasteiger partial charge on any atom is 0.417 e. The van der Waals surface area contributed by atoms with Crippen LogP contribution < -0.4 is 10.1 Å². The molecule has 0 aliphatic heterocycles. The van der Waals surface area contributed by atoms with Gasteiger partial charge in [0.05, 0.1) is 29.1 Å². The topological polar surface area (TPSA) is 81.9 Å². The van der Waals surface area contributed by atoms with Gasteiger partial charge in [-0.1, -0.05) is 29.4 Å². The van der Waals surface area contributed by atoms with Crippen molar-refractivity contribution in [1.82, 2.24) is 20.2 Å². The number of benzene rings is 2. The predicted molar refractivity (Wildman–Crippen MR) is 102 cm³/mol. The van der Waals surface area contributed by atoms with Crippen LogP contribution in [-0.2, 0) is 11.0 Å². The molecule has 0 spiro atoms. The number of carbonyl (C=O) groups excluding carboxylic acids is 1. The second-order valence-electron chi connectivity index (χ2n) is 5.60. The van der Waals surface area contributed by atoms with Crippen molar-refractivity contribution < 1.29 is 22.7 Å². The second kappa shape index (κ2) is 8.70. The number of rotatable bonds is 6. The Balaban J connectivity index is 1.67. The van der Waals surface area contributed by atoms with Crippen LogP contribution in [0.4, 0.5) is 18.9 Å². The molecule has 1 heterocycles. The number of nitrogens with zero attached hydrogens (tertiary/aromatic N) is 4. The van der Waals surface area contributed by atoms with Gasteiger partial charge in [-0.25, -0.2) is 0 Å². The van der Waals surface area contributed by atoms with Crippen molar-refractivity contribution >= 4 is 35.0 Å². The molecule has 2 aromatic carbocycles. The summed E-state index contributed by atoms with van der Waals surface area (Å²) in [6.07, 6.45) is -4.62. The van der Waals surface area contributed by atoms with Gasteiger partial charge in [-0.3, -0.25) is 4.79 Å². The van der Waals surface area contributed by atoms with Gasteiger partial charge in [-0.2, -0.15) is 17.9 Å². The van der Waals surface area contributed by atoms with Gasteiger partial charge in [0, 0.05) is 11.8 Å². The summed E-state index contributed by atoms with van der Waals surface area (Å²) in [7, 11) is 1.53. The number of methoxy groups -OCH3 is 1. The van der Waals surface area contributed by atoms with E-state index in [9.17, 15) is 18.0 Å². The first kappa shape index (κ1) is 20.9. The van der Waals surface area contributed by atoms with E-state index < -0.39 is 22.7 Å². The molecule has 0 radical (unpaired) electrons. The lowest BCUT2D eigenvalue weighted by atomic mass is 10.2. The molecule has 0 saturated heterocycles. The largest absolute Gasteiger partial charge is 0.497 e. The number of thioether (sulfide) groups is 1. The molecule has 0 fully saturated rings. The highest BCUT2D eigenvalue weighted by Gasteiger charge is 2.33. The summed E-state index contributed by atoms with van der Waals surface area (Å²) < 4.78 is 45.4. The molecule has 1 amide bonds. The predicted octanol–water partition coefficient (Wildman–Crippen LogP) is 4.07. The molecular formula is C17H13ClF3N5O2S. The molecule has 0 saturated carbocycles. The Morgan fingerprint density at radius 2 is 2.07 bits per heavy atom. The summed E-state index contributed by atoms with van der Waals surface area (Å²) in [4.78, 5) is 12.2. The quantitative estimate of drug-likeness (QED) is 0.578. The maximum atomic E-state index is 12.9. The Kier molecular flexibility index (Phi) is 6.28. The monoisotopic (exact) mass is 443 g/mol. The van der Waals surface area contributed by atoms with Crippen LogP contribution in [0.3, 0.4) is 0 Å². The maximum absolute atomic E-state index is 12.9. The van der Waals surface area contributed by atoms with Crippen LogP contribution in [-0.4, -0.2) is 39.0 Å². The first-order valence-corrected chi connectivity index (χ1v) is 9.36. The minimum Gasteiger partial charge on any atom is -0.497 e. The zero-order valence-electron chi connectivity index (χ0n) is 14.8. The number of alkyl halides is 3. The van der Waals surface area contributed by atoms with E-state index in [2.05, 4.69) is 20.8 Å². The second-order valence-corrected chi connectivity index (χ2v) is 6.95. The summed E-state index contributed by atoms with van der Waals surface area (Å²) in [5.41, 5.74) is -0.406. The van der Waals surface area contributed by atoms with Crippen molar-refractivity contribution in [3.8, 4) is 11.4 Å². The van der Waals surface area contributed by atoms with Crippen molar-refractivity contribution in [2.24, 2.45) is 0 Å². The van der Waals surface area contributed by atoms with Gasteiger partial charge in [0.2, 0.25) is 11.1 Å². The van der Waals surface area contributed by atoms with Crippen molar-refractivity contribution in [3.05, 3.63) is 53.1 Å². The van der Waals surface area contributed by atoms with Crippen molar-refractivity contribution in [2.75, 3.05) is 18.2 Å². The van der Waals surface area contributed by atoms with Crippen LogP contribution in [0.5, 0.6) is 5.75 Å². The fourth-order valence-electron chi connectivity index (χ4n) is 2.32. The lowest BCUT2D eigenvalue weighted by Crippen LogP contribution is -2.15. The Hall–Kier alpha value is -2.79. The van der Waals surface area contributed by atoms with E-state index >= 15 is 0 Å². The number of amides is 1. The number of aromatic nitrogens is 4. The standard InChI is InChI=1S/C17H13ClF3N5O2S/c1-28-12-4-2-3-11(8-12)26-16(23-24-25-26)29-9-15(27)22-10-5-6-14(18)13(7-10)17(19,20)21/h2-8H,9H2,1H3,(H,22,27). The summed E-state index contributed by atoms with van der Waals surface area (Å²) in [6, 6.07) is 10.1. The van der Waals surface area contributed by atoms with Crippen LogP contribution in [0, 0.1) is 0 Å². The molecule has 0 bridgehead atoms. The highest BCUT2D eigenvalue weighted by atomic mass is 35.5. The van der Waals surface area contributed by atoms with Gasteiger partial charge in [0.1, 0.15) is 5.75 Å². The summed E-state index contributed by atoms with van der Waals surface area (Å²) >= 11 is 6.60. The Morgan fingerprint density at radius 3 is 2.79 bits per heavy atom. The third-order valence-corrected chi connectivity index (χ3v) is 4.88. The smallest absolute Gasteiger partial charge is 0.417 e. The molecule has 0 aliphatic rings. The first-order chi connectivity index (χ1) is 13.8. The first-order valence-electron chi connectivity index (χ1n) is 8.00.